The fraction of sp³-hybridized carbons (Fsp3) is 0.385. The Balaban J connectivity index is 1.38. The molecule has 1 aliphatic heterocycles. The number of aromatic nitrogens is 2. The maximum Gasteiger partial charge on any atom is 0.260 e. The SMILES string of the molecule is Cc1cccc(OCC(=O)N2CCCN(C(=O)c3ccc4nc(C)c(C)nc4c3)CC2)c1C. The summed E-state index contributed by atoms with van der Waals surface area (Å²) >= 11 is 0. The molecule has 7 nitrogen and oxygen atoms in total. The van der Waals surface area contributed by atoms with Gasteiger partial charge in [0, 0.05) is 31.7 Å². The van der Waals surface area contributed by atoms with E-state index in [0.717, 1.165) is 45.7 Å². The quantitative estimate of drug-likeness (QED) is 0.612. The molecule has 33 heavy (non-hydrogen) atoms. The molecule has 2 amide bonds. The maximum absolute atomic E-state index is 13.2. The predicted molar refractivity (Wildman–Crippen MR) is 128 cm³/mol. The number of benzene rings is 2. The van der Waals surface area contributed by atoms with Crippen molar-refractivity contribution in [2.75, 3.05) is 32.8 Å². The lowest BCUT2D eigenvalue weighted by Crippen LogP contribution is -2.39. The van der Waals surface area contributed by atoms with Crippen LogP contribution in [0.4, 0.5) is 0 Å². The van der Waals surface area contributed by atoms with Crippen molar-refractivity contribution in [1.82, 2.24) is 19.8 Å². The molecule has 0 saturated carbocycles. The molecule has 172 valence electrons. The van der Waals surface area contributed by atoms with Crippen molar-refractivity contribution in [1.29, 1.82) is 0 Å². The summed E-state index contributed by atoms with van der Waals surface area (Å²) in [5.41, 5.74) is 6.03. The van der Waals surface area contributed by atoms with Crippen molar-refractivity contribution in [3.8, 4) is 5.75 Å². The van der Waals surface area contributed by atoms with Gasteiger partial charge in [-0.3, -0.25) is 9.59 Å². The first-order valence-electron chi connectivity index (χ1n) is 11.3. The number of hydrogen-bond donors (Lipinski definition) is 0. The van der Waals surface area contributed by atoms with Crippen LogP contribution in [0.25, 0.3) is 11.0 Å². The van der Waals surface area contributed by atoms with Crippen LogP contribution in [0.2, 0.25) is 0 Å². The third kappa shape index (κ3) is 4.97. The molecular weight excluding hydrogens is 416 g/mol. The van der Waals surface area contributed by atoms with E-state index in [0.29, 0.717) is 31.7 Å². The molecule has 1 saturated heterocycles. The van der Waals surface area contributed by atoms with E-state index >= 15 is 0 Å². The molecule has 0 spiro atoms. The Morgan fingerprint density at radius 1 is 0.879 bits per heavy atom. The van der Waals surface area contributed by atoms with Crippen LogP contribution in [-0.4, -0.2) is 64.4 Å². The second-order valence-corrected chi connectivity index (χ2v) is 8.61. The predicted octanol–water partition coefficient (Wildman–Crippen LogP) is 3.62. The van der Waals surface area contributed by atoms with Crippen molar-refractivity contribution in [3.05, 3.63) is 64.5 Å². The molecule has 0 radical (unpaired) electrons. The molecule has 3 aromatic rings. The number of fused-ring (bicyclic) bond motifs is 1. The van der Waals surface area contributed by atoms with E-state index in [1.54, 1.807) is 11.0 Å². The van der Waals surface area contributed by atoms with Crippen molar-refractivity contribution in [2.45, 2.75) is 34.1 Å². The molecule has 7 heteroatoms. The molecular formula is C26H30N4O3. The molecule has 0 atom stereocenters. The van der Waals surface area contributed by atoms with Gasteiger partial charge in [0.2, 0.25) is 0 Å². The molecule has 1 aromatic heterocycles. The topological polar surface area (TPSA) is 75.6 Å². The van der Waals surface area contributed by atoms with Gasteiger partial charge in [0.15, 0.2) is 6.61 Å². The Kier molecular flexibility index (Phi) is 6.58. The minimum Gasteiger partial charge on any atom is -0.483 e. The van der Waals surface area contributed by atoms with Crippen LogP contribution >= 0.6 is 0 Å². The van der Waals surface area contributed by atoms with Crippen LogP contribution in [0, 0.1) is 27.7 Å². The van der Waals surface area contributed by atoms with Gasteiger partial charge in [-0.05, 0) is 69.5 Å². The number of amides is 2. The third-order valence-corrected chi connectivity index (χ3v) is 6.36. The van der Waals surface area contributed by atoms with Gasteiger partial charge < -0.3 is 14.5 Å². The van der Waals surface area contributed by atoms with Gasteiger partial charge in [-0.15, -0.1) is 0 Å². The average molecular weight is 447 g/mol. The zero-order chi connectivity index (χ0) is 23.5. The number of ether oxygens (including phenoxy) is 1. The molecule has 0 N–H and O–H groups in total. The van der Waals surface area contributed by atoms with Gasteiger partial charge in [-0.2, -0.15) is 0 Å². The first-order chi connectivity index (χ1) is 15.8. The molecule has 1 fully saturated rings. The first-order valence-corrected chi connectivity index (χ1v) is 11.3. The fourth-order valence-corrected chi connectivity index (χ4v) is 4.03. The van der Waals surface area contributed by atoms with Gasteiger partial charge in [-0.1, -0.05) is 12.1 Å². The number of aryl methyl sites for hydroxylation is 3. The Bertz CT molecular complexity index is 1210. The standard InChI is InChI=1S/C26H30N4O3/c1-17-7-5-8-24(18(17)2)33-16-25(31)29-11-6-12-30(14-13-29)26(32)21-9-10-22-23(15-21)28-20(4)19(3)27-22/h5,7-10,15H,6,11-14,16H2,1-4H3. The summed E-state index contributed by atoms with van der Waals surface area (Å²) < 4.78 is 5.79. The molecule has 0 unspecified atom stereocenters. The fourth-order valence-electron chi connectivity index (χ4n) is 4.03. The summed E-state index contributed by atoms with van der Waals surface area (Å²) in [6.07, 6.45) is 0.729. The zero-order valence-electron chi connectivity index (χ0n) is 19.7. The van der Waals surface area contributed by atoms with Crippen LogP contribution in [0.1, 0.15) is 39.3 Å². The average Bonchev–Trinajstić information content (AvgIpc) is 3.06. The van der Waals surface area contributed by atoms with Crippen molar-refractivity contribution in [2.24, 2.45) is 0 Å². The second kappa shape index (κ2) is 9.57. The third-order valence-electron chi connectivity index (χ3n) is 6.36. The monoisotopic (exact) mass is 446 g/mol. The summed E-state index contributed by atoms with van der Waals surface area (Å²) in [4.78, 5) is 38.6. The van der Waals surface area contributed by atoms with Crippen molar-refractivity contribution < 1.29 is 14.3 Å². The number of hydrogen-bond acceptors (Lipinski definition) is 5. The first kappa shape index (κ1) is 22.7. The Morgan fingerprint density at radius 3 is 2.36 bits per heavy atom. The van der Waals surface area contributed by atoms with Crippen LogP contribution in [0.5, 0.6) is 5.75 Å². The van der Waals surface area contributed by atoms with E-state index in [1.165, 1.54) is 0 Å². The summed E-state index contributed by atoms with van der Waals surface area (Å²) in [5.74, 6) is 0.634. The highest BCUT2D eigenvalue weighted by Crippen LogP contribution is 2.21. The lowest BCUT2D eigenvalue weighted by atomic mass is 10.1. The second-order valence-electron chi connectivity index (χ2n) is 8.61. The van der Waals surface area contributed by atoms with E-state index in [9.17, 15) is 9.59 Å². The van der Waals surface area contributed by atoms with Crippen LogP contribution in [-0.2, 0) is 4.79 Å². The highest BCUT2D eigenvalue weighted by molar-refractivity contribution is 5.97. The highest BCUT2D eigenvalue weighted by Gasteiger charge is 2.23. The van der Waals surface area contributed by atoms with E-state index in [2.05, 4.69) is 9.97 Å². The Labute approximate surface area is 194 Å². The number of nitrogens with zero attached hydrogens (tertiary/aromatic N) is 4. The molecule has 1 aliphatic rings. The van der Waals surface area contributed by atoms with Gasteiger partial charge in [0.25, 0.3) is 11.8 Å². The molecule has 2 heterocycles. The highest BCUT2D eigenvalue weighted by atomic mass is 16.5. The Hall–Kier alpha value is -3.48. The summed E-state index contributed by atoms with van der Waals surface area (Å²) in [5, 5.41) is 0. The summed E-state index contributed by atoms with van der Waals surface area (Å²) in [7, 11) is 0. The summed E-state index contributed by atoms with van der Waals surface area (Å²) in [6, 6.07) is 11.3. The lowest BCUT2D eigenvalue weighted by molar-refractivity contribution is -0.133. The minimum atomic E-state index is -0.0583. The van der Waals surface area contributed by atoms with E-state index in [1.807, 2.05) is 62.9 Å². The normalized spacial score (nSPS) is 14.3. The smallest absolute Gasteiger partial charge is 0.260 e. The molecule has 2 aromatic carbocycles. The largest absolute Gasteiger partial charge is 0.483 e. The van der Waals surface area contributed by atoms with Gasteiger partial charge in [0.1, 0.15) is 5.75 Å². The zero-order valence-corrected chi connectivity index (χ0v) is 19.7. The van der Waals surface area contributed by atoms with Gasteiger partial charge in [-0.25, -0.2) is 9.97 Å². The lowest BCUT2D eigenvalue weighted by Gasteiger charge is -2.22. The van der Waals surface area contributed by atoms with Crippen molar-refractivity contribution in [3.63, 3.8) is 0 Å². The number of carbonyl (C=O) groups is 2. The van der Waals surface area contributed by atoms with E-state index in [4.69, 9.17) is 4.74 Å². The van der Waals surface area contributed by atoms with E-state index < -0.39 is 0 Å². The Morgan fingerprint density at radius 2 is 1.58 bits per heavy atom. The minimum absolute atomic E-state index is 0.000349. The summed E-state index contributed by atoms with van der Waals surface area (Å²) in [6.45, 7) is 10.1. The van der Waals surface area contributed by atoms with Crippen LogP contribution in [0.3, 0.4) is 0 Å². The number of carbonyl (C=O) groups excluding carboxylic acids is 2. The molecule has 0 bridgehead atoms. The number of rotatable bonds is 4. The van der Waals surface area contributed by atoms with Crippen LogP contribution in [0.15, 0.2) is 36.4 Å². The van der Waals surface area contributed by atoms with Crippen LogP contribution < -0.4 is 4.74 Å². The van der Waals surface area contributed by atoms with Gasteiger partial charge in [0.05, 0.1) is 22.4 Å². The maximum atomic E-state index is 13.2. The van der Waals surface area contributed by atoms with Crippen molar-refractivity contribution >= 4 is 22.8 Å². The van der Waals surface area contributed by atoms with Gasteiger partial charge >= 0.3 is 0 Å². The van der Waals surface area contributed by atoms with E-state index in [-0.39, 0.29) is 18.4 Å². The molecule has 0 aliphatic carbocycles. The molecule has 4 rings (SSSR count).